The van der Waals surface area contributed by atoms with Crippen LogP contribution in [-0.4, -0.2) is 13.5 Å². The van der Waals surface area contributed by atoms with Crippen molar-refractivity contribution in [3.63, 3.8) is 0 Å². The highest BCUT2D eigenvalue weighted by atomic mass is 32.1. The van der Waals surface area contributed by atoms with Gasteiger partial charge in [0.25, 0.3) is 6.43 Å². The van der Waals surface area contributed by atoms with Gasteiger partial charge in [-0.05, 0) is 29.4 Å². The van der Waals surface area contributed by atoms with Gasteiger partial charge in [0.05, 0.1) is 6.04 Å². The van der Waals surface area contributed by atoms with Gasteiger partial charge >= 0.3 is 0 Å². The number of hydrogen-bond donors (Lipinski definition) is 1. The van der Waals surface area contributed by atoms with Crippen LogP contribution in [0.25, 0.3) is 10.1 Å². The molecule has 1 heterocycles. The number of halogens is 2. The molecule has 0 aliphatic rings. The summed E-state index contributed by atoms with van der Waals surface area (Å²) in [5.74, 6) is 0. The Hall–Kier alpha value is -1.00. The first-order chi connectivity index (χ1) is 7.24. The van der Waals surface area contributed by atoms with Gasteiger partial charge in [0.1, 0.15) is 0 Å². The third-order valence-electron chi connectivity index (χ3n) is 2.41. The zero-order valence-electron chi connectivity index (χ0n) is 8.21. The second-order valence-corrected chi connectivity index (χ2v) is 4.20. The van der Waals surface area contributed by atoms with E-state index in [9.17, 15) is 8.78 Å². The zero-order chi connectivity index (χ0) is 10.8. The van der Waals surface area contributed by atoms with E-state index in [1.807, 2.05) is 23.6 Å². The van der Waals surface area contributed by atoms with Gasteiger partial charge in [0.2, 0.25) is 0 Å². The second kappa shape index (κ2) is 4.24. The van der Waals surface area contributed by atoms with Crippen molar-refractivity contribution in [3.05, 3.63) is 35.2 Å². The molecule has 0 fully saturated rings. The predicted octanol–water partition coefficient (Wildman–Crippen LogP) is 3.43. The lowest BCUT2D eigenvalue weighted by molar-refractivity contribution is 0.103. The van der Waals surface area contributed by atoms with Crippen LogP contribution in [0.3, 0.4) is 0 Å². The summed E-state index contributed by atoms with van der Waals surface area (Å²) in [6, 6.07) is 6.57. The smallest absolute Gasteiger partial charge is 0.257 e. The molecule has 1 nitrogen and oxygen atoms in total. The van der Waals surface area contributed by atoms with E-state index in [2.05, 4.69) is 5.32 Å². The minimum atomic E-state index is -2.39. The van der Waals surface area contributed by atoms with Gasteiger partial charge in [0.15, 0.2) is 0 Å². The molecule has 0 radical (unpaired) electrons. The first kappa shape index (κ1) is 10.5. The summed E-state index contributed by atoms with van der Waals surface area (Å²) >= 11 is 1.50. The molecule has 0 saturated heterocycles. The molecule has 2 aromatic rings. The highest BCUT2D eigenvalue weighted by Crippen LogP contribution is 2.31. The van der Waals surface area contributed by atoms with Crippen molar-refractivity contribution in [1.29, 1.82) is 0 Å². The van der Waals surface area contributed by atoms with Crippen molar-refractivity contribution >= 4 is 21.4 Å². The molecule has 0 amide bonds. The van der Waals surface area contributed by atoms with Crippen molar-refractivity contribution in [1.82, 2.24) is 5.32 Å². The Labute approximate surface area is 90.7 Å². The Morgan fingerprint density at radius 1 is 1.27 bits per heavy atom. The maximum atomic E-state index is 12.8. The van der Waals surface area contributed by atoms with E-state index >= 15 is 0 Å². The van der Waals surface area contributed by atoms with Gasteiger partial charge < -0.3 is 5.32 Å². The second-order valence-electron chi connectivity index (χ2n) is 3.29. The molecule has 0 saturated carbocycles. The van der Waals surface area contributed by atoms with Crippen LogP contribution in [0.5, 0.6) is 0 Å². The van der Waals surface area contributed by atoms with E-state index in [0.29, 0.717) is 5.56 Å². The summed E-state index contributed by atoms with van der Waals surface area (Å²) < 4.78 is 26.5. The number of fused-ring (bicyclic) bond motifs is 1. The highest BCUT2D eigenvalue weighted by molar-refractivity contribution is 7.17. The monoisotopic (exact) mass is 227 g/mol. The molecule has 0 aliphatic carbocycles. The summed E-state index contributed by atoms with van der Waals surface area (Å²) in [6.07, 6.45) is -2.39. The first-order valence-corrected chi connectivity index (χ1v) is 5.53. The van der Waals surface area contributed by atoms with Gasteiger partial charge in [-0.15, -0.1) is 11.3 Å². The lowest BCUT2D eigenvalue weighted by atomic mass is 10.1. The molecule has 0 spiro atoms. The topological polar surface area (TPSA) is 12.0 Å². The van der Waals surface area contributed by atoms with Gasteiger partial charge in [-0.3, -0.25) is 0 Å². The van der Waals surface area contributed by atoms with Crippen molar-refractivity contribution in [3.8, 4) is 0 Å². The van der Waals surface area contributed by atoms with Crippen molar-refractivity contribution in [2.24, 2.45) is 0 Å². The molecular weight excluding hydrogens is 216 g/mol. The Kier molecular flexibility index (Phi) is 2.98. The summed E-state index contributed by atoms with van der Waals surface area (Å²) in [5, 5.41) is 5.61. The lowest BCUT2D eigenvalue weighted by Gasteiger charge is -2.16. The van der Waals surface area contributed by atoms with Crippen LogP contribution in [0.4, 0.5) is 8.78 Å². The minimum absolute atomic E-state index is 0.681. The molecule has 0 aliphatic heterocycles. The van der Waals surface area contributed by atoms with Gasteiger partial charge in [0, 0.05) is 4.70 Å². The largest absolute Gasteiger partial charge is 0.308 e. The van der Waals surface area contributed by atoms with E-state index in [-0.39, 0.29) is 0 Å². The fourth-order valence-electron chi connectivity index (χ4n) is 1.68. The Morgan fingerprint density at radius 3 is 2.73 bits per heavy atom. The summed E-state index contributed by atoms with van der Waals surface area (Å²) in [6.45, 7) is 0. The fourth-order valence-corrected chi connectivity index (χ4v) is 2.63. The number of benzene rings is 1. The summed E-state index contributed by atoms with van der Waals surface area (Å²) in [5.41, 5.74) is 0.681. The summed E-state index contributed by atoms with van der Waals surface area (Å²) in [7, 11) is 1.56. The van der Waals surface area contributed by atoms with Crippen molar-refractivity contribution in [2.45, 2.75) is 12.5 Å². The van der Waals surface area contributed by atoms with Crippen LogP contribution < -0.4 is 5.32 Å². The molecule has 1 atom stereocenters. The molecular formula is C11H11F2NS. The Bertz CT molecular complexity index is 453. The van der Waals surface area contributed by atoms with E-state index in [1.165, 1.54) is 11.3 Å². The van der Waals surface area contributed by atoms with Crippen molar-refractivity contribution in [2.75, 3.05) is 7.05 Å². The van der Waals surface area contributed by atoms with Gasteiger partial charge in [-0.1, -0.05) is 18.2 Å². The Balaban J connectivity index is 2.54. The molecule has 1 N–H and O–H groups in total. The molecule has 0 bridgehead atoms. The molecule has 15 heavy (non-hydrogen) atoms. The van der Waals surface area contributed by atoms with Gasteiger partial charge in [-0.25, -0.2) is 8.78 Å². The predicted molar refractivity (Wildman–Crippen MR) is 59.6 cm³/mol. The zero-order valence-corrected chi connectivity index (χ0v) is 9.02. The fraction of sp³-hybridized carbons (Fsp3) is 0.273. The van der Waals surface area contributed by atoms with Crippen LogP contribution in [0, 0.1) is 0 Å². The average Bonchev–Trinajstić information content (AvgIpc) is 2.66. The number of hydrogen-bond acceptors (Lipinski definition) is 2. The summed E-state index contributed by atoms with van der Waals surface area (Å²) in [4.78, 5) is 0. The lowest BCUT2D eigenvalue weighted by Crippen LogP contribution is -2.23. The molecule has 4 heteroatoms. The third kappa shape index (κ3) is 1.87. The highest BCUT2D eigenvalue weighted by Gasteiger charge is 2.22. The van der Waals surface area contributed by atoms with Crippen LogP contribution in [0.15, 0.2) is 29.6 Å². The molecule has 2 rings (SSSR count). The SMILES string of the molecule is CNC(c1cccc2ccsc12)C(F)F. The molecule has 1 aromatic carbocycles. The number of alkyl halides is 2. The normalized spacial score (nSPS) is 13.6. The maximum absolute atomic E-state index is 12.8. The minimum Gasteiger partial charge on any atom is -0.308 e. The molecule has 80 valence electrons. The van der Waals surface area contributed by atoms with E-state index in [1.54, 1.807) is 13.1 Å². The van der Waals surface area contributed by atoms with Gasteiger partial charge in [-0.2, -0.15) is 0 Å². The van der Waals surface area contributed by atoms with Crippen molar-refractivity contribution < 1.29 is 8.78 Å². The Morgan fingerprint density at radius 2 is 2.07 bits per heavy atom. The molecule has 1 aromatic heterocycles. The van der Waals surface area contributed by atoms with E-state index in [0.717, 1.165) is 10.1 Å². The number of nitrogens with one attached hydrogen (secondary N) is 1. The maximum Gasteiger partial charge on any atom is 0.257 e. The van der Waals surface area contributed by atoms with Crippen LogP contribution in [-0.2, 0) is 0 Å². The first-order valence-electron chi connectivity index (χ1n) is 4.65. The number of thiophene rings is 1. The van der Waals surface area contributed by atoms with E-state index < -0.39 is 12.5 Å². The standard InChI is InChI=1S/C11H11F2NS/c1-14-9(11(12)13)8-4-2-3-7-5-6-15-10(7)8/h2-6,9,11,14H,1H3. The van der Waals surface area contributed by atoms with Crippen LogP contribution in [0.1, 0.15) is 11.6 Å². The molecule has 1 unspecified atom stereocenters. The van der Waals surface area contributed by atoms with E-state index in [4.69, 9.17) is 0 Å². The van der Waals surface area contributed by atoms with Crippen LogP contribution in [0.2, 0.25) is 0 Å². The number of rotatable bonds is 3. The average molecular weight is 227 g/mol. The van der Waals surface area contributed by atoms with Crippen LogP contribution >= 0.6 is 11.3 Å². The third-order valence-corrected chi connectivity index (χ3v) is 3.39. The quantitative estimate of drug-likeness (QED) is 0.847.